The summed E-state index contributed by atoms with van der Waals surface area (Å²) in [5.74, 6) is -0.253. The van der Waals surface area contributed by atoms with Gasteiger partial charge in [-0.25, -0.2) is 4.39 Å². The molecule has 0 aliphatic carbocycles. The Kier molecular flexibility index (Phi) is 7.36. The zero-order valence-electron chi connectivity index (χ0n) is 30.2. The highest BCUT2D eigenvalue weighted by Gasteiger charge is 2.18. The van der Waals surface area contributed by atoms with Crippen LogP contribution >= 0.6 is 0 Å². The van der Waals surface area contributed by atoms with Crippen LogP contribution in [0.2, 0.25) is 0 Å². The monoisotopic (exact) mass is 720 g/mol. The Labute approximate surface area is 322 Å². The van der Waals surface area contributed by atoms with Crippen molar-refractivity contribution in [2.75, 3.05) is 4.90 Å². The molecular weight excluding hydrogens is 688 g/mol. The third kappa shape index (κ3) is 5.26. The van der Waals surface area contributed by atoms with Crippen LogP contribution in [0, 0.1) is 5.82 Å². The Balaban J connectivity index is 1.01. The largest absolute Gasteiger partial charge is 0.455 e. The summed E-state index contributed by atoms with van der Waals surface area (Å²) in [5, 5.41) is 6.81. The van der Waals surface area contributed by atoms with Crippen LogP contribution in [0.1, 0.15) is 0 Å². The van der Waals surface area contributed by atoms with Crippen LogP contribution in [-0.4, -0.2) is 4.57 Å². The minimum Gasteiger partial charge on any atom is -0.455 e. The van der Waals surface area contributed by atoms with E-state index in [4.69, 9.17) is 4.42 Å². The fraction of sp³-hybridized carbons (Fsp3) is 0. The predicted octanol–water partition coefficient (Wildman–Crippen LogP) is 14.8. The summed E-state index contributed by atoms with van der Waals surface area (Å²) in [7, 11) is 0. The van der Waals surface area contributed by atoms with Crippen LogP contribution in [0.25, 0.3) is 82.5 Å². The fourth-order valence-corrected chi connectivity index (χ4v) is 8.36. The molecule has 0 atom stereocenters. The van der Waals surface area contributed by atoms with Crippen LogP contribution in [-0.2, 0) is 0 Å². The number of anilines is 3. The van der Waals surface area contributed by atoms with Gasteiger partial charge in [-0.3, -0.25) is 0 Å². The first-order chi connectivity index (χ1) is 27.7. The number of para-hydroxylation sites is 3. The molecule has 0 radical (unpaired) electrons. The van der Waals surface area contributed by atoms with Crippen molar-refractivity contribution in [3.8, 4) is 27.9 Å². The Morgan fingerprint density at radius 2 is 1.02 bits per heavy atom. The summed E-state index contributed by atoms with van der Waals surface area (Å²) in [6.07, 6.45) is 0. The Morgan fingerprint density at radius 3 is 1.80 bits per heavy atom. The second-order valence-electron chi connectivity index (χ2n) is 14.3. The van der Waals surface area contributed by atoms with E-state index in [1.54, 1.807) is 6.07 Å². The van der Waals surface area contributed by atoms with Crippen LogP contribution in [0.3, 0.4) is 0 Å². The second kappa shape index (κ2) is 12.9. The summed E-state index contributed by atoms with van der Waals surface area (Å²) in [6.45, 7) is 0. The molecule has 9 aromatic carbocycles. The summed E-state index contributed by atoms with van der Waals surface area (Å²) in [4.78, 5) is 2.28. The molecule has 11 rings (SSSR count). The number of rotatable bonds is 6. The number of hydrogen-bond donors (Lipinski definition) is 0. The van der Waals surface area contributed by atoms with E-state index in [0.29, 0.717) is 0 Å². The minimum absolute atomic E-state index is 0.253. The highest BCUT2D eigenvalue weighted by molar-refractivity contribution is 6.10. The van der Waals surface area contributed by atoms with Crippen molar-refractivity contribution in [1.29, 1.82) is 0 Å². The van der Waals surface area contributed by atoms with Gasteiger partial charge in [0.1, 0.15) is 17.0 Å². The summed E-state index contributed by atoms with van der Waals surface area (Å²) >= 11 is 0. The molecule has 0 amide bonds. The zero-order valence-corrected chi connectivity index (χ0v) is 30.2. The van der Waals surface area contributed by atoms with E-state index < -0.39 is 0 Å². The molecule has 11 aromatic rings. The topological polar surface area (TPSA) is 21.3 Å². The molecule has 0 saturated carbocycles. The molecular formula is C52H33FN2O. The molecule has 2 aromatic heterocycles. The molecule has 0 aliphatic rings. The highest BCUT2D eigenvalue weighted by Crippen LogP contribution is 2.41. The lowest BCUT2D eigenvalue weighted by molar-refractivity contribution is 0.629. The maximum absolute atomic E-state index is 14.6. The van der Waals surface area contributed by atoms with E-state index in [1.165, 1.54) is 22.4 Å². The Bertz CT molecular complexity index is 3250. The standard InChI is InChI=1S/C52H33FN2O/c53-39-22-31-46-45-10-3-5-14-49(45)55(50(46)33-39)43-29-27-42(28-30-43)54(40-23-18-35(19-24-40)38-17-16-34-8-1-2-9-37(34)32-38)41-25-20-36(21-26-41)44-12-7-13-48-47-11-4-6-15-51(47)56-52(44)48/h1-33H. The number of halogens is 1. The lowest BCUT2D eigenvalue weighted by Gasteiger charge is -2.26. The molecule has 0 spiro atoms. The normalized spacial score (nSPS) is 11.7. The van der Waals surface area contributed by atoms with Gasteiger partial charge in [0.25, 0.3) is 0 Å². The molecule has 0 saturated heterocycles. The molecule has 4 heteroatoms. The van der Waals surface area contributed by atoms with E-state index in [2.05, 4.69) is 167 Å². The van der Waals surface area contributed by atoms with Crippen molar-refractivity contribution in [3.05, 3.63) is 206 Å². The third-order valence-electron chi connectivity index (χ3n) is 11.1. The van der Waals surface area contributed by atoms with E-state index >= 15 is 0 Å². The molecule has 0 bridgehead atoms. The van der Waals surface area contributed by atoms with Crippen molar-refractivity contribution in [1.82, 2.24) is 4.57 Å². The maximum Gasteiger partial charge on any atom is 0.143 e. The molecule has 0 fully saturated rings. The first-order valence-corrected chi connectivity index (χ1v) is 18.9. The van der Waals surface area contributed by atoms with Gasteiger partial charge in [0, 0.05) is 49.9 Å². The van der Waals surface area contributed by atoms with Gasteiger partial charge in [0.15, 0.2) is 0 Å². The number of fused-ring (bicyclic) bond motifs is 7. The molecule has 264 valence electrons. The Morgan fingerprint density at radius 1 is 0.411 bits per heavy atom. The smallest absolute Gasteiger partial charge is 0.143 e. The SMILES string of the molecule is Fc1ccc2c3ccccc3n(-c3ccc(N(c4ccc(-c5ccc6ccccc6c5)cc4)c4ccc(-c5cccc6c5oc5ccccc56)cc4)cc3)c2c1. The summed E-state index contributed by atoms with van der Waals surface area (Å²) < 4.78 is 23.2. The van der Waals surface area contributed by atoms with Gasteiger partial charge in [-0.15, -0.1) is 0 Å². The number of furan rings is 1. The zero-order chi connectivity index (χ0) is 37.2. The average Bonchev–Trinajstić information content (AvgIpc) is 3.80. The van der Waals surface area contributed by atoms with Crippen LogP contribution < -0.4 is 4.90 Å². The van der Waals surface area contributed by atoms with Crippen LogP contribution in [0.4, 0.5) is 21.5 Å². The average molecular weight is 721 g/mol. The first kappa shape index (κ1) is 32.0. The van der Waals surface area contributed by atoms with Crippen LogP contribution in [0.15, 0.2) is 205 Å². The van der Waals surface area contributed by atoms with E-state index in [1.807, 2.05) is 30.3 Å². The molecule has 0 N–H and O–H groups in total. The van der Waals surface area contributed by atoms with Crippen molar-refractivity contribution in [2.45, 2.75) is 0 Å². The summed E-state index contributed by atoms with van der Waals surface area (Å²) in [6, 6.07) is 69.0. The fourth-order valence-electron chi connectivity index (χ4n) is 8.36. The maximum atomic E-state index is 14.6. The van der Waals surface area contributed by atoms with Gasteiger partial charge < -0.3 is 13.9 Å². The van der Waals surface area contributed by atoms with Gasteiger partial charge in [0.05, 0.1) is 11.0 Å². The summed E-state index contributed by atoms with van der Waals surface area (Å²) in [5.41, 5.74) is 12.2. The van der Waals surface area contributed by atoms with E-state index in [-0.39, 0.29) is 5.82 Å². The van der Waals surface area contributed by atoms with Crippen molar-refractivity contribution >= 4 is 71.6 Å². The third-order valence-corrected chi connectivity index (χ3v) is 11.1. The first-order valence-electron chi connectivity index (χ1n) is 18.9. The number of aromatic nitrogens is 1. The predicted molar refractivity (Wildman–Crippen MR) is 231 cm³/mol. The van der Waals surface area contributed by atoms with Crippen molar-refractivity contribution in [3.63, 3.8) is 0 Å². The van der Waals surface area contributed by atoms with Gasteiger partial charge >= 0.3 is 0 Å². The molecule has 3 nitrogen and oxygen atoms in total. The van der Waals surface area contributed by atoms with Gasteiger partial charge in [-0.1, -0.05) is 115 Å². The van der Waals surface area contributed by atoms with Gasteiger partial charge in [-0.05, 0) is 112 Å². The lowest BCUT2D eigenvalue weighted by Crippen LogP contribution is -2.10. The molecule has 0 unspecified atom stereocenters. The molecule has 2 heterocycles. The highest BCUT2D eigenvalue weighted by atomic mass is 19.1. The molecule has 0 aliphatic heterocycles. The minimum atomic E-state index is -0.253. The lowest BCUT2D eigenvalue weighted by atomic mass is 10.0. The Hall–Kier alpha value is -7.43. The number of nitrogens with zero attached hydrogens (tertiary/aromatic N) is 2. The van der Waals surface area contributed by atoms with Crippen molar-refractivity contribution in [2.24, 2.45) is 0 Å². The van der Waals surface area contributed by atoms with Gasteiger partial charge in [0.2, 0.25) is 0 Å². The molecule has 56 heavy (non-hydrogen) atoms. The van der Waals surface area contributed by atoms with Crippen molar-refractivity contribution < 1.29 is 8.81 Å². The number of benzene rings is 9. The quantitative estimate of drug-likeness (QED) is 0.171. The number of hydrogen-bond acceptors (Lipinski definition) is 2. The second-order valence-corrected chi connectivity index (χ2v) is 14.3. The van der Waals surface area contributed by atoms with Crippen LogP contribution in [0.5, 0.6) is 0 Å². The van der Waals surface area contributed by atoms with E-state index in [0.717, 1.165) is 83.2 Å². The van der Waals surface area contributed by atoms with Gasteiger partial charge in [-0.2, -0.15) is 0 Å². The van der Waals surface area contributed by atoms with E-state index in [9.17, 15) is 4.39 Å².